The fraction of sp³-hybridized carbons (Fsp3) is 0. The van der Waals surface area contributed by atoms with Gasteiger partial charge in [0.25, 0.3) is 0 Å². The molecule has 0 aliphatic rings. The van der Waals surface area contributed by atoms with Gasteiger partial charge >= 0.3 is 0 Å². The van der Waals surface area contributed by atoms with E-state index in [1.165, 1.54) is 11.3 Å². The molecule has 3 heterocycles. The summed E-state index contributed by atoms with van der Waals surface area (Å²) >= 11 is 7.26. The van der Waals surface area contributed by atoms with Gasteiger partial charge in [0.05, 0.1) is 11.9 Å². The Balaban J connectivity index is 1.85. The van der Waals surface area contributed by atoms with Crippen molar-refractivity contribution in [3.63, 3.8) is 0 Å². The first-order chi connectivity index (χ1) is 9.31. The average molecular weight is 290 g/mol. The van der Waals surface area contributed by atoms with E-state index < -0.39 is 0 Å². The van der Waals surface area contributed by atoms with Gasteiger partial charge in [-0.05, 0) is 18.2 Å². The molecule has 0 bridgehead atoms. The first kappa shape index (κ1) is 12.0. The largest absolute Gasteiger partial charge is 0.323 e. The van der Waals surface area contributed by atoms with E-state index in [0.29, 0.717) is 11.1 Å². The summed E-state index contributed by atoms with van der Waals surface area (Å²) in [5, 5.41) is 6.29. The molecule has 0 unspecified atom stereocenters. The lowest BCUT2D eigenvalue weighted by atomic mass is 10.4. The van der Waals surface area contributed by atoms with Gasteiger partial charge in [-0.15, -0.1) is 11.3 Å². The molecule has 0 fully saturated rings. The van der Waals surface area contributed by atoms with Crippen LogP contribution in [0.3, 0.4) is 0 Å². The summed E-state index contributed by atoms with van der Waals surface area (Å²) in [4.78, 5) is 16.8. The summed E-state index contributed by atoms with van der Waals surface area (Å²) in [7, 11) is 0. The minimum atomic E-state index is 0.447. The van der Waals surface area contributed by atoms with Crippen LogP contribution in [0.25, 0.3) is 10.7 Å². The molecule has 94 valence electrons. The summed E-state index contributed by atoms with van der Waals surface area (Å²) in [5.41, 5.74) is 1.56. The van der Waals surface area contributed by atoms with E-state index in [9.17, 15) is 0 Å². The zero-order valence-corrected chi connectivity index (χ0v) is 11.2. The SMILES string of the molecule is Clc1ccc(Nc2nccc(-c3nccs3)n2)cn1. The number of rotatable bonds is 3. The third-order valence-corrected chi connectivity index (χ3v) is 3.31. The summed E-state index contributed by atoms with van der Waals surface area (Å²) in [6.07, 6.45) is 5.06. The highest BCUT2D eigenvalue weighted by Gasteiger charge is 2.04. The molecule has 0 spiro atoms. The molecule has 0 amide bonds. The molecule has 3 aromatic heterocycles. The molecule has 0 atom stereocenters. The lowest BCUT2D eigenvalue weighted by molar-refractivity contribution is 1.16. The van der Waals surface area contributed by atoms with Gasteiger partial charge in [0.2, 0.25) is 5.95 Å². The Morgan fingerprint density at radius 1 is 1.05 bits per heavy atom. The first-order valence-corrected chi connectivity index (χ1v) is 6.68. The van der Waals surface area contributed by atoms with E-state index in [-0.39, 0.29) is 0 Å². The van der Waals surface area contributed by atoms with Crippen molar-refractivity contribution in [2.75, 3.05) is 5.32 Å². The first-order valence-electron chi connectivity index (χ1n) is 5.43. The molecule has 3 aromatic rings. The Morgan fingerprint density at radius 3 is 2.74 bits per heavy atom. The summed E-state index contributed by atoms with van der Waals surface area (Å²) in [6, 6.07) is 5.34. The second-order valence-corrected chi connectivity index (χ2v) is 4.88. The molecule has 5 nitrogen and oxygen atoms in total. The lowest BCUT2D eigenvalue weighted by Crippen LogP contribution is -1.98. The number of thiazole rings is 1. The van der Waals surface area contributed by atoms with Gasteiger partial charge in [-0.25, -0.2) is 19.9 Å². The third-order valence-electron chi connectivity index (χ3n) is 2.29. The second-order valence-electron chi connectivity index (χ2n) is 3.60. The maximum Gasteiger partial charge on any atom is 0.227 e. The maximum atomic E-state index is 5.73. The van der Waals surface area contributed by atoms with Crippen molar-refractivity contribution in [2.24, 2.45) is 0 Å². The number of nitrogens with one attached hydrogen (secondary N) is 1. The molecule has 3 rings (SSSR count). The third kappa shape index (κ3) is 2.86. The van der Waals surface area contributed by atoms with Crippen LogP contribution in [-0.2, 0) is 0 Å². The molecule has 0 radical (unpaired) electrons. The van der Waals surface area contributed by atoms with Crippen LogP contribution in [-0.4, -0.2) is 19.9 Å². The van der Waals surface area contributed by atoms with Gasteiger partial charge in [-0.2, -0.15) is 0 Å². The van der Waals surface area contributed by atoms with Crippen LogP contribution in [0.2, 0.25) is 5.15 Å². The summed E-state index contributed by atoms with van der Waals surface area (Å²) < 4.78 is 0. The van der Waals surface area contributed by atoms with Crippen molar-refractivity contribution in [1.29, 1.82) is 0 Å². The number of nitrogens with zero attached hydrogens (tertiary/aromatic N) is 4. The van der Waals surface area contributed by atoms with E-state index in [0.717, 1.165) is 16.4 Å². The van der Waals surface area contributed by atoms with Crippen LogP contribution in [0.5, 0.6) is 0 Å². The Labute approximate surface area is 118 Å². The van der Waals surface area contributed by atoms with Crippen LogP contribution in [0.15, 0.2) is 42.2 Å². The minimum absolute atomic E-state index is 0.447. The van der Waals surface area contributed by atoms with Crippen molar-refractivity contribution in [1.82, 2.24) is 19.9 Å². The van der Waals surface area contributed by atoms with E-state index in [4.69, 9.17) is 11.6 Å². The van der Waals surface area contributed by atoms with E-state index in [2.05, 4.69) is 25.3 Å². The molecule has 0 aliphatic carbocycles. The fourth-order valence-electron chi connectivity index (χ4n) is 1.47. The Bertz CT molecular complexity index is 669. The van der Waals surface area contributed by atoms with Gasteiger partial charge < -0.3 is 5.32 Å². The molecule has 0 saturated carbocycles. The van der Waals surface area contributed by atoms with Gasteiger partial charge in [0.1, 0.15) is 15.9 Å². The Kier molecular flexibility index (Phi) is 3.35. The fourth-order valence-corrected chi connectivity index (χ4v) is 2.19. The lowest BCUT2D eigenvalue weighted by Gasteiger charge is -2.04. The minimum Gasteiger partial charge on any atom is -0.323 e. The highest BCUT2D eigenvalue weighted by Crippen LogP contribution is 2.21. The molecular formula is C12H8ClN5S. The molecule has 0 aromatic carbocycles. The van der Waals surface area contributed by atoms with Crippen LogP contribution >= 0.6 is 22.9 Å². The van der Waals surface area contributed by atoms with Crippen molar-refractivity contribution in [3.05, 3.63) is 47.3 Å². The Hall–Kier alpha value is -2.05. The molecule has 0 saturated heterocycles. The Morgan fingerprint density at radius 2 is 2.00 bits per heavy atom. The van der Waals surface area contributed by atoms with E-state index in [1.54, 1.807) is 24.7 Å². The van der Waals surface area contributed by atoms with Crippen LogP contribution < -0.4 is 5.32 Å². The van der Waals surface area contributed by atoms with Crippen molar-refractivity contribution in [3.8, 4) is 10.7 Å². The average Bonchev–Trinajstić information content (AvgIpc) is 2.96. The standard InChI is InChI=1S/C12H8ClN5S/c13-10-2-1-8(7-16-10)17-12-15-4-3-9(18-12)11-14-5-6-19-11/h1-7H,(H,15,17,18). The predicted octanol–water partition coefficient (Wildman–Crippen LogP) is 3.39. The normalized spacial score (nSPS) is 10.4. The van der Waals surface area contributed by atoms with Crippen LogP contribution in [0, 0.1) is 0 Å². The van der Waals surface area contributed by atoms with Crippen LogP contribution in [0.1, 0.15) is 0 Å². The number of aromatic nitrogens is 4. The quantitative estimate of drug-likeness (QED) is 0.749. The highest BCUT2D eigenvalue weighted by atomic mass is 35.5. The molecule has 19 heavy (non-hydrogen) atoms. The maximum absolute atomic E-state index is 5.73. The highest BCUT2D eigenvalue weighted by molar-refractivity contribution is 7.13. The topological polar surface area (TPSA) is 63.6 Å². The summed E-state index contributed by atoms with van der Waals surface area (Å²) in [5.74, 6) is 0.497. The number of halogens is 1. The second kappa shape index (κ2) is 5.29. The van der Waals surface area contributed by atoms with Gasteiger partial charge in [0, 0.05) is 17.8 Å². The number of hydrogen-bond acceptors (Lipinski definition) is 6. The summed E-state index contributed by atoms with van der Waals surface area (Å²) in [6.45, 7) is 0. The zero-order chi connectivity index (χ0) is 13.1. The molecule has 7 heteroatoms. The van der Waals surface area contributed by atoms with E-state index in [1.807, 2.05) is 17.5 Å². The number of anilines is 2. The van der Waals surface area contributed by atoms with Crippen LogP contribution in [0.4, 0.5) is 11.6 Å². The van der Waals surface area contributed by atoms with Crippen molar-refractivity contribution >= 4 is 34.6 Å². The van der Waals surface area contributed by atoms with Gasteiger partial charge in [-0.3, -0.25) is 0 Å². The number of pyridine rings is 1. The molecule has 0 aliphatic heterocycles. The number of hydrogen-bond donors (Lipinski definition) is 1. The molecule has 1 N–H and O–H groups in total. The van der Waals surface area contributed by atoms with E-state index >= 15 is 0 Å². The van der Waals surface area contributed by atoms with Gasteiger partial charge in [0.15, 0.2) is 0 Å². The zero-order valence-electron chi connectivity index (χ0n) is 9.62. The monoisotopic (exact) mass is 289 g/mol. The van der Waals surface area contributed by atoms with Crippen molar-refractivity contribution < 1.29 is 0 Å². The smallest absolute Gasteiger partial charge is 0.227 e. The molecular weight excluding hydrogens is 282 g/mol. The van der Waals surface area contributed by atoms with Gasteiger partial charge in [-0.1, -0.05) is 11.6 Å². The van der Waals surface area contributed by atoms with Crippen molar-refractivity contribution in [2.45, 2.75) is 0 Å². The predicted molar refractivity (Wildman–Crippen MR) is 75.7 cm³/mol.